The average molecular weight is 255 g/mol. The zero-order valence-corrected chi connectivity index (χ0v) is 11.3. The lowest BCUT2D eigenvalue weighted by atomic mass is 9.92. The highest BCUT2D eigenvalue weighted by molar-refractivity contribution is 5.76. The Labute approximate surface area is 109 Å². The highest BCUT2D eigenvalue weighted by Gasteiger charge is 2.34. The highest BCUT2D eigenvalue weighted by atomic mass is 16.5. The van der Waals surface area contributed by atoms with E-state index in [4.69, 9.17) is 9.47 Å². The van der Waals surface area contributed by atoms with Crippen LogP contribution < -0.4 is 5.32 Å². The molecular formula is C14H25NO3. The van der Waals surface area contributed by atoms with Gasteiger partial charge in [0.05, 0.1) is 13.2 Å². The SMILES string of the molecule is CCOC(=O)C(NC1CCCCC1)C1CCOC1. The van der Waals surface area contributed by atoms with Crippen LogP contribution in [-0.4, -0.2) is 37.9 Å². The summed E-state index contributed by atoms with van der Waals surface area (Å²) in [7, 11) is 0. The fourth-order valence-electron chi connectivity index (χ4n) is 2.97. The minimum Gasteiger partial charge on any atom is -0.465 e. The van der Waals surface area contributed by atoms with Crippen LogP contribution in [0.3, 0.4) is 0 Å². The molecule has 1 aliphatic carbocycles. The smallest absolute Gasteiger partial charge is 0.323 e. The Morgan fingerprint density at radius 2 is 2.11 bits per heavy atom. The zero-order chi connectivity index (χ0) is 12.8. The van der Waals surface area contributed by atoms with E-state index in [2.05, 4.69) is 5.32 Å². The number of rotatable bonds is 5. The maximum absolute atomic E-state index is 12.1. The molecule has 2 unspecified atom stereocenters. The molecule has 0 spiro atoms. The monoisotopic (exact) mass is 255 g/mol. The van der Waals surface area contributed by atoms with E-state index in [-0.39, 0.29) is 17.9 Å². The predicted molar refractivity (Wildman–Crippen MR) is 69.4 cm³/mol. The van der Waals surface area contributed by atoms with Crippen LogP contribution >= 0.6 is 0 Å². The standard InChI is InChI=1S/C14H25NO3/c1-2-18-14(16)13(11-8-9-17-10-11)15-12-6-4-3-5-7-12/h11-13,15H,2-10H2,1H3. The minimum absolute atomic E-state index is 0.0985. The summed E-state index contributed by atoms with van der Waals surface area (Å²) in [4.78, 5) is 12.1. The molecule has 0 aromatic heterocycles. The van der Waals surface area contributed by atoms with Gasteiger partial charge in [-0.15, -0.1) is 0 Å². The molecule has 104 valence electrons. The van der Waals surface area contributed by atoms with E-state index in [1.54, 1.807) is 0 Å². The molecule has 0 aromatic rings. The van der Waals surface area contributed by atoms with E-state index in [9.17, 15) is 4.79 Å². The van der Waals surface area contributed by atoms with Crippen LogP contribution in [-0.2, 0) is 14.3 Å². The van der Waals surface area contributed by atoms with Crippen molar-refractivity contribution < 1.29 is 14.3 Å². The molecule has 1 N–H and O–H groups in total. The highest BCUT2D eigenvalue weighted by Crippen LogP contribution is 2.22. The van der Waals surface area contributed by atoms with Crippen molar-refractivity contribution in [2.75, 3.05) is 19.8 Å². The van der Waals surface area contributed by atoms with Crippen LogP contribution in [0.5, 0.6) is 0 Å². The summed E-state index contributed by atoms with van der Waals surface area (Å²) in [6.07, 6.45) is 7.20. The van der Waals surface area contributed by atoms with Gasteiger partial charge in [-0.2, -0.15) is 0 Å². The van der Waals surface area contributed by atoms with Crippen molar-refractivity contribution in [1.82, 2.24) is 5.32 Å². The first kappa shape index (κ1) is 13.8. The fraction of sp³-hybridized carbons (Fsp3) is 0.929. The van der Waals surface area contributed by atoms with E-state index in [1.807, 2.05) is 6.92 Å². The summed E-state index contributed by atoms with van der Waals surface area (Å²) < 4.78 is 10.6. The van der Waals surface area contributed by atoms with Gasteiger partial charge >= 0.3 is 5.97 Å². The minimum atomic E-state index is -0.171. The lowest BCUT2D eigenvalue weighted by Crippen LogP contribution is -2.49. The Balaban J connectivity index is 1.91. The molecule has 1 saturated carbocycles. The molecule has 2 aliphatic rings. The number of esters is 1. The van der Waals surface area contributed by atoms with Gasteiger partial charge in [-0.05, 0) is 26.2 Å². The van der Waals surface area contributed by atoms with Gasteiger partial charge in [0.15, 0.2) is 0 Å². The van der Waals surface area contributed by atoms with E-state index >= 15 is 0 Å². The number of carbonyl (C=O) groups is 1. The van der Waals surface area contributed by atoms with Gasteiger partial charge in [-0.25, -0.2) is 0 Å². The number of nitrogens with one attached hydrogen (secondary N) is 1. The molecule has 0 aromatic carbocycles. The van der Waals surface area contributed by atoms with Gasteiger partial charge < -0.3 is 14.8 Å². The van der Waals surface area contributed by atoms with Crippen LogP contribution in [0.2, 0.25) is 0 Å². The first-order chi connectivity index (χ1) is 8.81. The summed E-state index contributed by atoms with van der Waals surface area (Å²) in [5.74, 6) is 0.185. The van der Waals surface area contributed by atoms with Crippen molar-refractivity contribution in [3.8, 4) is 0 Å². The Hall–Kier alpha value is -0.610. The molecule has 18 heavy (non-hydrogen) atoms. The number of hydrogen-bond donors (Lipinski definition) is 1. The topological polar surface area (TPSA) is 47.6 Å². The van der Waals surface area contributed by atoms with Crippen molar-refractivity contribution in [2.45, 2.75) is 57.5 Å². The Kier molecular flexibility index (Phi) is 5.45. The second-order valence-electron chi connectivity index (χ2n) is 5.35. The van der Waals surface area contributed by atoms with Gasteiger partial charge in [0, 0.05) is 18.6 Å². The number of hydrogen-bond acceptors (Lipinski definition) is 4. The van der Waals surface area contributed by atoms with E-state index < -0.39 is 0 Å². The first-order valence-corrected chi connectivity index (χ1v) is 7.31. The molecule has 2 atom stereocenters. The van der Waals surface area contributed by atoms with Crippen molar-refractivity contribution >= 4 is 5.97 Å². The predicted octanol–water partition coefficient (Wildman–Crippen LogP) is 1.88. The quantitative estimate of drug-likeness (QED) is 0.762. The molecule has 4 heteroatoms. The van der Waals surface area contributed by atoms with Crippen LogP contribution in [0.25, 0.3) is 0 Å². The Morgan fingerprint density at radius 3 is 2.72 bits per heavy atom. The van der Waals surface area contributed by atoms with Crippen LogP contribution in [0.4, 0.5) is 0 Å². The largest absolute Gasteiger partial charge is 0.465 e. The molecule has 4 nitrogen and oxygen atoms in total. The van der Waals surface area contributed by atoms with E-state index in [0.717, 1.165) is 13.0 Å². The molecule has 0 bridgehead atoms. The second-order valence-corrected chi connectivity index (χ2v) is 5.35. The molecule has 0 amide bonds. The average Bonchev–Trinajstić information content (AvgIpc) is 2.91. The maximum Gasteiger partial charge on any atom is 0.323 e. The third kappa shape index (κ3) is 3.69. The van der Waals surface area contributed by atoms with Gasteiger partial charge in [0.2, 0.25) is 0 Å². The van der Waals surface area contributed by atoms with Crippen molar-refractivity contribution in [3.05, 3.63) is 0 Å². The van der Waals surface area contributed by atoms with Gasteiger partial charge in [-0.3, -0.25) is 4.79 Å². The maximum atomic E-state index is 12.1. The summed E-state index contributed by atoms with van der Waals surface area (Å²) in [6, 6.07) is 0.310. The molecular weight excluding hydrogens is 230 g/mol. The van der Waals surface area contributed by atoms with Gasteiger partial charge in [0.25, 0.3) is 0 Å². The summed E-state index contributed by atoms with van der Waals surface area (Å²) in [5, 5.41) is 3.53. The summed E-state index contributed by atoms with van der Waals surface area (Å²) in [5.41, 5.74) is 0. The van der Waals surface area contributed by atoms with Crippen molar-refractivity contribution in [2.24, 2.45) is 5.92 Å². The van der Waals surface area contributed by atoms with Crippen LogP contribution in [0.1, 0.15) is 45.4 Å². The molecule has 2 rings (SSSR count). The molecule has 1 saturated heterocycles. The number of ether oxygens (including phenoxy) is 2. The lowest BCUT2D eigenvalue weighted by Gasteiger charge is -2.29. The Bertz CT molecular complexity index is 258. The third-order valence-corrected chi connectivity index (χ3v) is 4.00. The first-order valence-electron chi connectivity index (χ1n) is 7.31. The van der Waals surface area contributed by atoms with E-state index in [1.165, 1.54) is 32.1 Å². The fourth-order valence-corrected chi connectivity index (χ4v) is 2.97. The normalized spacial score (nSPS) is 27.1. The lowest BCUT2D eigenvalue weighted by molar-refractivity contribution is -0.147. The van der Waals surface area contributed by atoms with Gasteiger partial charge in [-0.1, -0.05) is 19.3 Å². The molecule has 0 radical (unpaired) electrons. The third-order valence-electron chi connectivity index (χ3n) is 4.00. The van der Waals surface area contributed by atoms with E-state index in [0.29, 0.717) is 19.3 Å². The van der Waals surface area contributed by atoms with Crippen LogP contribution in [0.15, 0.2) is 0 Å². The summed E-state index contributed by atoms with van der Waals surface area (Å²) in [6.45, 7) is 3.77. The van der Waals surface area contributed by atoms with Crippen molar-refractivity contribution in [1.29, 1.82) is 0 Å². The zero-order valence-electron chi connectivity index (χ0n) is 11.3. The molecule has 1 heterocycles. The number of carbonyl (C=O) groups excluding carboxylic acids is 1. The molecule has 2 fully saturated rings. The van der Waals surface area contributed by atoms with Gasteiger partial charge in [0.1, 0.15) is 6.04 Å². The molecule has 1 aliphatic heterocycles. The Morgan fingerprint density at radius 1 is 1.33 bits per heavy atom. The van der Waals surface area contributed by atoms with Crippen molar-refractivity contribution in [3.63, 3.8) is 0 Å². The van der Waals surface area contributed by atoms with Crippen LogP contribution in [0, 0.1) is 5.92 Å². The second kappa shape index (κ2) is 7.10. The summed E-state index contributed by atoms with van der Waals surface area (Å²) >= 11 is 0.